The lowest BCUT2D eigenvalue weighted by Gasteiger charge is -2.18. The number of urea groups is 1. The maximum Gasteiger partial charge on any atom is 0.319 e. The third-order valence-corrected chi connectivity index (χ3v) is 4.38. The zero-order chi connectivity index (χ0) is 19.3. The smallest absolute Gasteiger partial charge is 0.319 e. The summed E-state index contributed by atoms with van der Waals surface area (Å²) in [4.78, 5) is 40.3. The molecule has 1 heterocycles. The largest absolute Gasteiger partial charge is 0.337 e. The number of hydrogen-bond donors (Lipinski definition) is 2. The molecule has 0 fully saturated rings. The van der Waals surface area contributed by atoms with Crippen LogP contribution in [0, 0.1) is 5.92 Å². The first-order chi connectivity index (χ1) is 12.4. The molecule has 1 aliphatic heterocycles. The first-order valence-electron chi connectivity index (χ1n) is 9.14. The fraction of sp³-hybridized carbons (Fsp3) is 0.526. The van der Waals surface area contributed by atoms with Gasteiger partial charge in [-0.15, -0.1) is 0 Å². The molecule has 7 nitrogen and oxygen atoms in total. The van der Waals surface area contributed by atoms with Crippen molar-refractivity contribution in [3.63, 3.8) is 0 Å². The van der Waals surface area contributed by atoms with Crippen LogP contribution in [-0.4, -0.2) is 60.4 Å². The Bertz CT molecular complexity index is 683. The van der Waals surface area contributed by atoms with E-state index in [1.54, 1.807) is 18.2 Å². The Morgan fingerprint density at radius 1 is 1.12 bits per heavy atom. The molecule has 7 heteroatoms. The van der Waals surface area contributed by atoms with E-state index >= 15 is 0 Å². The molecule has 0 aromatic heterocycles. The number of amides is 4. The Kier molecular flexibility index (Phi) is 6.74. The molecule has 0 unspecified atom stereocenters. The van der Waals surface area contributed by atoms with Gasteiger partial charge in [0.15, 0.2) is 0 Å². The summed E-state index contributed by atoms with van der Waals surface area (Å²) in [5, 5.41) is 5.52. The Hall–Kier alpha value is -2.41. The zero-order valence-corrected chi connectivity index (χ0v) is 16.0. The first kappa shape index (κ1) is 19.9. The number of nitrogens with zero attached hydrogens (tertiary/aromatic N) is 2. The van der Waals surface area contributed by atoms with E-state index in [-0.39, 0.29) is 23.8 Å². The molecule has 142 valence electrons. The monoisotopic (exact) mass is 360 g/mol. The molecule has 1 aliphatic rings. The average molecular weight is 360 g/mol. The Balaban J connectivity index is 1.98. The van der Waals surface area contributed by atoms with Crippen LogP contribution < -0.4 is 10.6 Å². The van der Waals surface area contributed by atoms with Gasteiger partial charge in [0.05, 0.1) is 11.1 Å². The van der Waals surface area contributed by atoms with Gasteiger partial charge in [0.1, 0.15) is 0 Å². The fourth-order valence-corrected chi connectivity index (χ4v) is 2.94. The Labute approximate surface area is 154 Å². The van der Waals surface area contributed by atoms with Crippen LogP contribution in [0.1, 0.15) is 48.4 Å². The van der Waals surface area contributed by atoms with E-state index in [2.05, 4.69) is 29.4 Å². The number of fused-ring (bicyclic) bond motifs is 1. The summed E-state index contributed by atoms with van der Waals surface area (Å²) in [7, 11) is 0. The summed E-state index contributed by atoms with van der Waals surface area (Å²) in [5.74, 6) is -0.371. The SMILES string of the molecule is CCN(CC)CCNC(=O)Nc1ccc2c(c1)C(=O)N(CC(C)C)C2=O. The quantitative estimate of drug-likeness (QED) is 0.698. The van der Waals surface area contributed by atoms with Gasteiger partial charge in [-0.2, -0.15) is 0 Å². The van der Waals surface area contributed by atoms with Crippen LogP contribution >= 0.6 is 0 Å². The third-order valence-electron chi connectivity index (χ3n) is 4.38. The minimum atomic E-state index is -0.326. The van der Waals surface area contributed by atoms with Gasteiger partial charge in [0.25, 0.3) is 11.8 Å². The van der Waals surface area contributed by atoms with Crippen LogP contribution in [-0.2, 0) is 0 Å². The zero-order valence-electron chi connectivity index (χ0n) is 16.0. The van der Waals surface area contributed by atoms with E-state index in [0.29, 0.717) is 29.9 Å². The number of imide groups is 1. The molecule has 0 saturated heterocycles. The molecule has 4 amide bonds. The van der Waals surface area contributed by atoms with Gasteiger partial charge in [-0.05, 0) is 37.2 Å². The second-order valence-electron chi connectivity index (χ2n) is 6.78. The fourth-order valence-electron chi connectivity index (χ4n) is 2.94. The molecule has 0 atom stereocenters. The van der Waals surface area contributed by atoms with Gasteiger partial charge in [-0.25, -0.2) is 4.79 Å². The predicted molar refractivity (Wildman–Crippen MR) is 101 cm³/mol. The van der Waals surface area contributed by atoms with Gasteiger partial charge in [-0.3, -0.25) is 14.5 Å². The van der Waals surface area contributed by atoms with Gasteiger partial charge in [-0.1, -0.05) is 27.7 Å². The van der Waals surface area contributed by atoms with Crippen molar-refractivity contribution in [2.24, 2.45) is 5.92 Å². The third kappa shape index (κ3) is 4.60. The highest BCUT2D eigenvalue weighted by atomic mass is 16.2. The van der Waals surface area contributed by atoms with Crippen LogP contribution in [0.15, 0.2) is 18.2 Å². The van der Waals surface area contributed by atoms with Gasteiger partial charge in [0.2, 0.25) is 0 Å². The number of rotatable bonds is 8. The van der Waals surface area contributed by atoms with Crippen molar-refractivity contribution in [3.8, 4) is 0 Å². The second kappa shape index (κ2) is 8.80. The van der Waals surface area contributed by atoms with Crippen molar-refractivity contribution in [2.45, 2.75) is 27.7 Å². The molecule has 0 spiro atoms. The number of benzene rings is 1. The summed E-state index contributed by atoms with van der Waals surface area (Å²) in [5.41, 5.74) is 1.23. The summed E-state index contributed by atoms with van der Waals surface area (Å²) in [6.45, 7) is 11.7. The number of anilines is 1. The maximum absolute atomic E-state index is 12.5. The van der Waals surface area contributed by atoms with E-state index in [9.17, 15) is 14.4 Å². The molecule has 0 radical (unpaired) electrons. The highest BCUT2D eigenvalue weighted by Crippen LogP contribution is 2.26. The van der Waals surface area contributed by atoms with Crippen molar-refractivity contribution < 1.29 is 14.4 Å². The minimum absolute atomic E-state index is 0.200. The number of hydrogen-bond acceptors (Lipinski definition) is 4. The molecule has 2 N–H and O–H groups in total. The summed E-state index contributed by atoms with van der Waals surface area (Å²) in [6, 6.07) is 4.49. The minimum Gasteiger partial charge on any atom is -0.337 e. The van der Waals surface area contributed by atoms with Crippen molar-refractivity contribution in [1.29, 1.82) is 0 Å². The number of carbonyl (C=O) groups is 3. The predicted octanol–water partition coefficient (Wildman–Crippen LogP) is 2.40. The second-order valence-corrected chi connectivity index (χ2v) is 6.78. The van der Waals surface area contributed by atoms with E-state index in [1.807, 2.05) is 13.8 Å². The Morgan fingerprint density at radius 2 is 1.77 bits per heavy atom. The van der Waals surface area contributed by atoms with E-state index in [0.717, 1.165) is 19.6 Å². The van der Waals surface area contributed by atoms with Crippen molar-refractivity contribution >= 4 is 23.5 Å². The molecular formula is C19H28N4O3. The first-order valence-corrected chi connectivity index (χ1v) is 9.14. The standard InChI is InChI=1S/C19H28N4O3/c1-5-22(6-2)10-9-20-19(26)21-14-7-8-15-16(11-14)18(25)23(17(15)24)12-13(3)4/h7-8,11,13H,5-6,9-10,12H2,1-4H3,(H2,20,21,26). The van der Waals surface area contributed by atoms with Gasteiger partial charge in [0, 0.05) is 25.3 Å². The number of likely N-dealkylation sites (N-methyl/N-ethyl adjacent to an activating group) is 1. The molecule has 0 saturated carbocycles. The summed E-state index contributed by atoms with van der Waals surface area (Å²) in [6.07, 6.45) is 0. The number of carbonyl (C=O) groups excluding carboxylic acids is 3. The van der Waals surface area contributed by atoms with E-state index in [1.165, 1.54) is 4.90 Å². The summed E-state index contributed by atoms with van der Waals surface area (Å²) >= 11 is 0. The van der Waals surface area contributed by atoms with E-state index in [4.69, 9.17) is 0 Å². The highest BCUT2D eigenvalue weighted by Gasteiger charge is 2.35. The molecule has 1 aromatic carbocycles. The van der Waals surface area contributed by atoms with Crippen molar-refractivity contribution in [2.75, 3.05) is 38.0 Å². The van der Waals surface area contributed by atoms with Crippen LogP contribution in [0.3, 0.4) is 0 Å². The van der Waals surface area contributed by atoms with Crippen LogP contribution in [0.2, 0.25) is 0 Å². The van der Waals surface area contributed by atoms with Crippen molar-refractivity contribution in [1.82, 2.24) is 15.1 Å². The Morgan fingerprint density at radius 3 is 2.38 bits per heavy atom. The lowest BCUT2D eigenvalue weighted by atomic mass is 10.1. The van der Waals surface area contributed by atoms with Crippen molar-refractivity contribution in [3.05, 3.63) is 29.3 Å². The topological polar surface area (TPSA) is 81.8 Å². The van der Waals surface area contributed by atoms with Crippen LogP contribution in [0.25, 0.3) is 0 Å². The molecule has 26 heavy (non-hydrogen) atoms. The molecule has 0 aliphatic carbocycles. The van der Waals surface area contributed by atoms with Gasteiger partial charge >= 0.3 is 6.03 Å². The summed E-state index contributed by atoms with van der Waals surface area (Å²) < 4.78 is 0. The highest BCUT2D eigenvalue weighted by molar-refractivity contribution is 6.21. The normalized spacial score (nSPS) is 13.5. The van der Waals surface area contributed by atoms with E-state index < -0.39 is 0 Å². The molecule has 1 aromatic rings. The van der Waals surface area contributed by atoms with Gasteiger partial charge < -0.3 is 15.5 Å². The number of nitrogens with one attached hydrogen (secondary N) is 2. The van der Waals surface area contributed by atoms with Crippen LogP contribution in [0.5, 0.6) is 0 Å². The lowest BCUT2D eigenvalue weighted by Crippen LogP contribution is -2.36. The molecular weight excluding hydrogens is 332 g/mol. The van der Waals surface area contributed by atoms with Crippen LogP contribution in [0.4, 0.5) is 10.5 Å². The lowest BCUT2D eigenvalue weighted by molar-refractivity contribution is 0.0636. The molecule has 0 bridgehead atoms. The maximum atomic E-state index is 12.5. The average Bonchev–Trinajstić information content (AvgIpc) is 2.83. The molecule has 2 rings (SSSR count).